The van der Waals surface area contributed by atoms with Gasteiger partial charge in [-0.15, -0.1) is 0 Å². The van der Waals surface area contributed by atoms with Crippen LogP contribution in [-0.4, -0.2) is 59.8 Å². The Morgan fingerprint density at radius 1 is 1.03 bits per heavy atom. The minimum Gasteiger partial charge on any atom is -0.497 e. The lowest BCUT2D eigenvalue weighted by Crippen LogP contribution is -2.67. The molecule has 7 rings (SSSR count). The summed E-state index contributed by atoms with van der Waals surface area (Å²) in [6.45, 7) is 8.60. The maximum atomic E-state index is 14.5. The first-order valence-corrected chi connectivity index (χ1v) is 15.2. The van der Waals surface area contributed by atoms with E-state index < -0.39 is 11.0 Å². The SMILES string of the molecule is CCCN(C)CC1(O)CCC2C34C=CC5(C=C3C(=O)c3ccc(OC)cc3)CC(O)CCC5(C)C4CCC21C. The number of rotatable bonds is 7. The number of hydrogen-bond donors (Lipinski definition) is 2. The highest BCUT2D eigenvalue weighted by Crippen LogP contribution is 2.78. The monoisotopic (exact) mass is 533 g/mol. The maximum Gasteiger partial charge on any atom is 0.189 e. The number of fused-ring (bicyclic) bond motifs is 1. The van der Waals surface area contributed by atoms with Crippen LogP contribution in [0.4, 0.5) is 0 Å². The fourth-order valence-electron chi connectivity index (χ4n) is 10.4. The standard InChI is InChI=1S/C34H47NO4/c1-6-19-35(4)22-33(38)16-13-28-31(33,3)15-12-27-30(2)14-11-24(36)20-32(30)17-18-34(27,28)26(21-32)29(37)23-7-9-25(39-5)10-8-23/h7-10,17-18,21,24,27-28,36,38H,6,11-16,19-20,22H2,1-5H3. The topological polar surface area (TPSA) is 70.0 Å². The van der Waals surface area contributed by atoms with Gasteiger partial charge in [0.15, 0.2) is 5.78 Å². The molecule has 8 unspecified atom stereocenters. The van der Waals surface area contributed by atoms with Gasteiger partial charge >= 0.3 is 0 Å². The normalized spacial score (nSPS) is 44.0. The van der Waals surface area contributed by atoms with Gasteiger partial charge < -0.3 is 19.8 Å². The highest BCUT2D eigenvalue weighted by Gasteiger charge is 2.74. The molecule has 5 heteroatoms. The van der Waals surface area contributed by atoms with Gasteiger partial charge in [-0.2, -0.15) is 0 Å². The van der Waals surface area contributed by atoms with Crippen molar-refractivity contribution < 1.29 is 19.7 Å². The van der Waals surface area contributed by atoms with Crippen molar-refractivity contribution in [2.75, 3.05) is 27.2 Å². The fourth-order valence-corrected chi connectivity index (χ4v) is 10.4. The maximum absolute atomic E-state index is 14.5. The zero-order valence-electron chi connectivity index (χ0n) is 24.5. The number of aliphatic hydroxyl groups excluding tert-OH is 1. The molecule has 0 saturated heterocycles. The summed E-state index contributed by atoms with van der Waals surface area (Å²) in [7, 11) is 3.77. The van der Waals surface area contributed by atoms with E-state index in [4.69, 9.17) is 4.74 Å². The highest BCUT2D eigenvalue weighted by molar-refractivity contribution is 6.10. The molecular formula is C34H47NO4. The van der Waals surface area contributed by atoms with Gasteiger partial charge in [0.05, 0.1) is 18.8 Å². The molecule has 5 nitrogen and oxygen atoms in total. The smallest absolute Gasteiger partial charge is 0.189 e. The van der Waals surface area contributed by atoms with Gasteiger partial charge in [-0.25, -0.2) is 0 Å². The molecular weight excluding hydrogens is 486 g/mol. The van der Waals surface area contributed by atoms with Crippen LogP contribution < -0.4 is 4.74 Å². The molecule has 1 aromatic carbocycles. The first-order chi connectivity index (χ1) is 18.5. The average Bonchev–Trinajstić information content (AvgIpc) is 3.18. The minimum absolute atomic E-state index is 0.00823. The Labute approximate surface area is 234 Å². The summed E-state index contributed by atoms with van der Waals surface area (Å²) in [5, 5.41) is 23.2. The molecule has 6 aliphatic carbocycles. The van der Waals surface area contributed by atoms with Crippen LogP contribution in [-0.2, 0) is 0 Å². The third kappa shape index (κ3) is 3.51. The van der Waals surface area contributed by atoms with Crippen LogP contribution in [0, 0.1) is 33.5 Å². The Kier molecular flexibility index (Phi) is 6.30. The molecule has 8 atom stereocenters. The molecule has 0 aromatic heterocycles. The number of Topliss-reactive ketones (excluding diaryl/α,β-unsaturated/α-hetero) is 1. The van der Waals surface area contributed by atoms with E-state index in [-0.39, 0.29) is 34.1 Å². The van der Waals surface area contributed by atoms with E-state index in [9.17, 15) is 15.0 Å². The Morgan fingerprint density at radius 3 is 2.38 bits per heavy atom. The Morgan fingerprint density at radius 2 is 1.69 bits per heavy atom. The molecule has 1 aromatic rings. The molecule has 0 aliphatic heterocycles. The molecule has 2 bridgehead atoms. The molecule has 6 aliphatic rings. The number of hydrogen-bond acceptors (Lipinski definition) is 5. The van der Waals surface area contributed by atoms with Crippen LogP contribution in [0.2, 0.25) is 0 Å². The van der Waals surface area contributed by atoms with Crippen molar-refractivity contribution in [1.82, 2.24) is 4.90 Å². The Hall–Kier alpha value is -1.95. The van der Waals surface area contributed by atoms with E-state index in [2.05, 4.69) is 50.9 Å². The molecule has 0 heterocycles. The van der Waals surface area contributed by atoms with Gasteiger partial charge in [-0.1, -0.05) is 39.0 Å². The van der Waals surface area contributed by atoms with Crippen molar-refractivity contribution in [3.8, 4) is 5.75 Å². The second kappa shape index (κ2) is 9.03. The minimum atomic E-state index is -0.779. The number of ketones is 1. The summed E-state index contributed by atoms with van der Waals surface area (Å²) in [6, 6.07) is 7.52. The predicted octanol–water partition coefficient (Wildman–Crippen LogP) is 5.81. The van der Waals surface area contributed by atoms with Crippen molar-refractivity contribution in [3.05, 3.63) is 53.6 Å². The van der Waals surface area contributed by atoms with Gasteiger partial charge in [0, 0.05) is 33.9 Å². The lowest BCUT2D eigenvalue weighted by Gasteiger charge is -2.71. The van der Waals surface area contributed by atoms with Crippen LogP contribution in [0.3, 0.4) is 0 Å². The first-order valence-electron chi connectivity index (χ1n) is 15.2. The second-order valence-electron chi connectivity index (χ2n) is 14.1. The van der Waals surface area contributed by atoms with Crippen LogP contribution >= 0.6 is 0 Å². The second-order valence-corrected chi connectivity index (χ2v) is 14.1. The number of carbonyl (C=O) groups is 1. The van der Waals surface area contributed by atoms with Gasteiger partial charge in [0.1, 0.15) is 5.75 Å². The largest absolute Gasteiger partial charge is 0.497 e. The van der Waals surface area contributed by atoms with E-state index >= 15 is 0 Å². The van der Waals surface area contributed by atoms with E-state index in [1.165, 1.54) is 0 Å². The lowest BCUT2D eigenvalue weighted by molar-refractivity contribution is -0.175. The van der Waals surface area contributed by atoms with Crippen LogP contribution in [0.25, 0.3) is 0 Å². The average molecular weight is 534 g/mol. The number of benzene rings is 1. The number of allylic oxidation sites excluding steroid dienone is 4. The molecule has 3 saturated carbocycles. The van der Waals surface area contributed by atoms with E-state index in [1.54, 1.807) is 7.11 Å². The Balaban J connectivity index is 1.49. The molecule has 39 heavy (non-hydrogen) atoms. The number of nitrogens with zero attached hydrogens (tertiary/aromatic N) is 1. The fraction of sp³-hybridized carbons (Fsp3) is 0.676. The van der Waals surface area contributed by atoms with E-state index in [0.29, 0.717) is 24.4 Å². The third-order valence-electron chi connectivity index (χ3n) is 12.4. The van der Waals surface area contributed by atoms with Crippen molar-refractivity contribution >= 4 is 5.78 Å². The zero-order chi connectivity index (χ0) is 27.8. The number of likely N-dealkylation sites (N-methyl/N-ethyl adjacent to an activating group) is 1. The van der Waals surface area contributed by atoms with Gasteiger partial charge in [-0.05, 0) is 106 Å². The van der Waals surface area contributed by atoms with Crippen molar-refractivity contribution in [3.63, 3.8) is 0 Å². The third-order valence-corrected chi connectivity index (χ3v) is 12.4. The molecule has 3 fully saturated rings. The van der Waals surface area contributed by atoms with Crippen LogP contribution in [0.5, 0.6) is 5.75 Å². The molecule has 212 valence electrons. The van der Waals surface area contributed by atoms with Gasteiger partial charge in [0.2, 0.25) is 0 Å². The van der Waals surface area contributed by atoms with E-state index in [1.807, 2.05) is 24.3 Å². The quantitative estimate of drug-likeness (QED) is 0.342. The molecule has 2 N–H and O–H groups in total. The van der Waals surface area contributed by atoms with E-state index in [0.717, 1.165) is 62.8 Å². The summed E-state index contributed by atoms with van der Waals surface area (Å²) in [5.74, 6) is 1.34. The van der Waals surface area contributed by atoms with Crippen molar-refractivity contribution in [2.24, 2.45) is 33.5 Å². The van der Waals surface area contributed by atoms with Crippen LogP contribution in [0.15, 0.2) is 48.1 Å². The zero-order valence-corrected chi connectivity index (χ0v) is 24.5. The Bertz CT molecular complexity index is 1210. The number of carbonyl (C=O) groups excluding carboxylic acids is 1. The van der Waals surface area contributed by atoms with Crippen molar-refractivity contribution in [1.29, 1.82) is 0 Å². The van der Waals surface area contributed by atoms with Crippen molar-refractivity contribution in [2.45, 2.75) is 83.8 Å². The number of ether oxygens (including phenoxy) is 1. The van der Waals surface area contributed by atoms with Gasteiger partial charge in [0.25, 0.3) is 0 Å². The predicted molar refractivity (Wildman–Crippen MR) is 154 cm³/mol. The highest BCUT2D eigenvalue weighted by atomic mass is 16.5. The molecule has 0 radical (unpaired) electrons. The first kappa shape index (κ1) is 27.2. The molecule has 2 spiro atoms. The lowest BCUT2D eigenvalue weighted by atomic mass is 9.32. The van der Waals surface area contributed by atoms with Gasteiger partial charge in [-0.3, -0.25) is 4.79 Å². The summed E-state index contributed by atoms with van der Waals surface area (Å²) in [5.41, 5.74) is -0.181. The summed E-state index contributed by atoms with van der Waals surface area (Å²) in [4.78, 5) is 16.8. The van der Waals surface area contributed by atoms with Crippen LogP contribution in [0.1, 0.15) is 82.5 Å². The number of methoxy groups -OCH3 is 1. The summed E-state index contributed by atoms with van der Waals surface area (Å²) in [6.07, 6.45) is 13.9. The summed E-state index contributed by atoms with van der Waals surface area (Å²) < 4.78 is 5.37. The summed E-state index contributed by atoms with van der Waals surface area (Å²) >= 11 is 0. The molecule has 0 amide bonds. The number of aliphatic hydroxyl groups is 2.